The zero-order chi connectivity index (χ0) is 52.4. The highest BCUT2D eigenvalue weighted by Crippen LogP contribution is 2.28. The maximum absolute atomic E-state index is 12.8. The lowest BCUT2D eigenvalue weighted by Crippen LogP contribution is -2.37. The third kappa shape index (κ3) is 17.5. The standard InChI is InChI=1S/C26H31ClN4O4.C26H30ClN3O4.ClH.H3NO/c1-16(2)35-24-10-9-20(14-22(24)27)26(33)28-21(11-12-32)13-18-5-7-19(8-6-18)23-15-31(4)25(29-23)17(3)30-34;1-16(2)34-24-10-9-20(14-22(24)27)26(33)28-21(11-12-31)13-18-5-7-19(8-6-18)23-15-30(4)25(29-23)17(3)32;;1-2/h5-10,14-16,21,32,34H,11-13H2,1-4H3,(H,28,33);5-10,14-16,21,31H,11-13H2,1-4H3,(H,28,33);1H;2H,1H2/b30-17+;;;/t2*21-;;/m11../s1. The third-order valence-electron chi connectivity index (χ3n) is 10.7. The molecule has 17 nitrogen and oxygen atoms in total. The molecular formula is C52H65Cl3N8O9. The van der Waals surface area contributed by atoms with Crippen LogP contribution in [0.25, 0.3) is 22.5 Å². The first-order valence-electron chi connectivity index (χ1n) is 22.9. The van der Waals surface area contributed by atoms with Crippen LogP contribution in [-0.2, 0) is 26.9 Å². The predicted octanol–water partition coefficient (Wildman–Crippen LogP) is 8.66. The Bertz CT molecular complexity index is 2730. The molecule has 0 saturated carbocycles. The molecule has 6 rings (SSSR count). The minimum atomic E-state index is -0.265. The fourth-order valence-electron chi connectivity index (χ4n) is 7.39. The number of halogens is 3. The van der Waals surface area contributed by atoms with Gasteiger partial charge < -0.3 is 49.9 Å². The van der Waals surface area contributed by atoms with Crippen LogP contribution < -0.4 is 26.0 Å². The number of aromatic nitrogens is 4. The molecular weight excluding hydrogens is 987 g/mol. The zero-order valence-corrected chi connectivity index (χ0v) is 43.9. The Morgan fingerprint density at radius 3 is 1.35 bits per heavy atom. The van der Waals surface area contributed by atoms with E-state index in [9.17, 15) is 24.6 Å². The molecule has 0 bridgehead atoms. The van der Waals surface area contributed by atoms with E-state index in [4.69, 9.17) is 43.1 Å². The molecule has 0 unspecified atom stereocenters. The van der Waals surface area contributed by atoms with Crippen molar-refractivity contribution in [2.45, 2.75) is 91.5 Å². The number of aliphatic hydroxyl groups excluding tert-OH is 2. The Balaban J connectivity index is 0.000000363. The van der Waals surface area contributed by atoms with Gasteiger partial charge in [0.2, 0.25) is 0 Å². The molecule has 0 aliphatic rings. The molecule has 4 aromatic carbocycles. The summed E-state index contributed by atoms with van der Waals surface area (Å²) in [6.45, 7) is 10.7. The largest absolute Gasteiger partial charge is 0.489 e. The van der Waals surface area contributed by atoms with E-state index in [1.807, 2.05) is 95.7 Å². The number of ether oxygens (including phenoxy) is 2. The fraction of sp³-hybridized carbons (Fsp3) is 0.346. The lowest BCUT2D eigenvalue weighted by molar-refractivity contribution is 0.0921. The van der Waals surface area contributed by atoms with Crippen LogP contribution >= 0.6 is 35.6 Å². The molecule has 0 radical (unpaired) electrons. The molecule has 2 heterocycles. The van der Waals surface area contributed by atoms with Crippen molar-refractivity contribution in [3.63, 3.8) is 0 Å². The van der Waals surface area contributed by atoms with E-state index in [1.165, 1.54) is 6.92 Å². The van der Waals surface area contributed by atoms with Crippen LogP contribution in [0.1, 0.15) is 103 Å². The average Bonchev–Trinajstić information content (AvgIpc) is 3.93. The number of aliphatic hydroxyl groups is 2. The number of carbonyl (C=O) groups is 3. The number of imidazole rings is 2. The molecule has 0 aliphatic heterocycles. The molecule has 0 fully saturated rings. The molecule has 8 N–H and O–H groups in total. The van der Waals surface area contributed by atoms with Crippen molar-refractivity contribution < 1.29 is 44.5 Å². The van der Waals surface area contributed by atoms with Gasteiger partial charge in [0.25, 0.3) is 11.8 Å². The molecule has 2 atom stereocenters. The smallest absolute Gasteiger partial charge is 0.251 e. The number of aryl methyl sites for hydroxylation is 2. The van der Waals surface area contributed by atoms with E-state index in [-0.39, 0.29) is 67.5 Å². The van der Waals surface area contributed by atoms with Gasteiger partial charge >= 0.3 is 0 Å². The predicted molar refractivity (Wildman–Crippen MR) is 282 cm³/mol. The van der Waals surface area contributed by atoms with Gasteiger partial charge in [-0.2, -0.15) is 0 Å². The number of ketones is 1. The number of amides is 2. The topological polar surface area (TPSA) is 249 Å². The summed E-state index contributed by atoms with van der Waals surface area (Å²) < 4.78 is 14.8. The maximum atomic E-state index is 12.8. The van der Waals surface area contributed by atoms with Crippen LogP contribution in [-0.4, -0.2) is 101 Å². The SMILES string of the molecule is C/C(=N\O)c1nc(-c2ccc(C[C@@H](CCO)NC(=O)c3ccc(OC(C)C)c(Cl)c3)cc2)cn1C.CC(=O)c1nc(-c2ccc(C[C@@H](CCO)NC(=O)c3ccc(OC(C)C)c(Cl)c3)cc2)cn1C.Cl.NO. The Morgan fingerprint density at radius 1 is 0.653 bits per heavy atom. The van der Waals surface area contributed by atoms with Gasteiger partial charge in [-0.1, -0.05) is 76.9 Å². The summed E-state index contributed by atoms with van der Waals surface area (Å²) in [7, 11) is 3.64. The number of nitrogens with one attached hydrogen (secondary N) is 2. The van der Waals surface area contributed by atoms with Gasteiger partial charge in [-0.05, 0) is 108 Å². The zero-order valence-electron chi connectivity index (χ0n) is 41.6. The molecule has 72 heavy (non-hydrogen) atoms. The third-order valence-corrected chi connectivity index (χ3v) is 11.3. The average molecular weight is 1050 g/mol. The Hall–Kier alpha value is -6.31. The number of Topliss-reactive ketones (excluding diaryl/α,β-unsaturated/α-hetero) is 1. The first kappa shape index (κ1) is 60.0. The van der Waals surface area contributed by atoms with E-state index < -0.39 is 0 Å². The minimum Gasteiger partial charge on any atom is -0.489 e. The van der Waals surface area contributed by atoms with Crippen LogP contribution in [0.2, 0.25) is 10.0 Å². The van der Waals surface area contributed by atoms with Crippen LogP contribution in [0.15, 0.2) is 102 Å². The molecule has 388 valence electrons. The monoisotopic (exact) mass is 1050 g/mol. The van der Waals surface area contributed by atoms with Gasteiger partial charge in [0, 0.05) is 81.0 Å². The van der Waals surface area contributed by atoms with Gasteiger partial charge in [0.05, 0.1) is 33.6 Å². The summed E-state index contributed by atoms with van der Waals surface area (Å²) in [5, 5.41) is 44.5. The second-order valence-corrected chi connectivity index (χ2v) is 18.0. The van der Waals surface area contributed by atoms with E-state index in [1.54, 1.807) is 59.5 Å². The summed E-state index contributed by atoms with van der Waals surface area (Å²) in [5.74, 6) is 4.94. The van der Waals surface area contributed by atoms with Crippen molar-refractivity contribution in [2.75, 3.05) is 13.2 Å². The lowest BCUT2D eigenvalue weighted by Gasteiger charge is -2.19. The summed E-state index contributed by atoms with van der Waals surface area (Å²) >= 11 is 12.5. The summed E-state index contributed by atoms with van der Waals surface area (Å²) in [6, 6.07) is 25.0. The summed E-state index contributed by atoms with van der Waals surface area (Å²) in [5.41, 5.74) is 6.60. The highest BCUT2D eigenvalue weighted by molar-refractivity contribution is 6.32. The van der Waals surface area contributed by atoms with Gasteiger partial charge in [-0.3, -0.25) is 14.4 Å². The second-order valence-electron chi connectivity index (χ2n) is 17.2. The van der Waals surface area contributed by atoms with Crippen molar-refractivity contribution in [1.29, 1.82) is 0 Å². The van der Waals surface area contributed by atoms with E-state index in [2.05, 4.69) is 31.7 Å². The van der Waals surface area contributed by atoms with Crippen LogP contribution in [0, 0.1) is 0 Å². The molecule has 2 aromatic heterocycles. The van der Waals surface area contributed by atoms with Crippen LogP contribution in [0.3, 0.4) is 0 Å². The van der Waals surface area contributed by atoms with Gasteiger partial charge in [-0.25, -0.2) is 15.9 Å². The number of rotatable bonds is 20. The molecule has 20 heteroatoms. The van der Waals surface area contributed by atoms with Gasteiger partial charge in [-0.15, -0.1) is 12.4 Å². The Labute approximate surface area is 436 Å². The van der Waals surface area contributed by atoms with Crippen molar-refractivity contribution in [3.8, 4) is 34.0 Å². The number of benzene rings is 4. The summed E-state index contributed by atoms with van der Waals surface area (Å²) in [4.78, 5) is 46.2. The van der Waals surface area contributed by atoms with Crippen LogP contribution in [0.5, 0.6) is 11.5 Å². The number of carbonyl (C=O) groups excluding carboxylic acids is 3. The van der Waals surface area contributed by atoms with Crippen molar-refractivity contribution in [3.05, 3.63) is 141 Å². The van der Waals surface area contributed by atoms with Gasteiger partial charge in [0.15, 0.2) is 17.4 Å². The van der Waals surface area contributed by atoms with E-state index in [0.717, 1.165) is 33.6 Å². The quantitative estimate of drug-likeness (QED) is 0.0164. The Morgan fingerprint density at radius 2 is 1.03 bits per heavy atom. The highest BCUT2D eigenvalue weighted by Gasteiger charge is 2.19. The normalized spacial score (nSPS) is 11.9. The lowest BCUT2D eigenvalue weighted by atomic mass is 10.0. The molecule has 6 aromatic rings. The Kier molecular flexibility index (Phi) is 24.4. The molecule has 0 saturated heterocycles. The van der Waals surface area contributed by atoms with Gasteiger partial charge in [0.1, 0.15) is 17.2 Å². The maximum Gasteiger partial charge on any atom is 0.251 e. The number of hydrogen-bond donors (Lipinski definition) is 7. The number of nitrogens with zero attached hydrogens (tertiary/aromatic N) is 5. The molecule has 2 amide bonds. The molecule has 0 aliphatic carbocycles. The van der Waals surface area contributed by atoms with Crippen molar-refractivity contribution in [1.82, 2.24) is 29.7 Å². The number of oxime groups is 1. The first-order valence-corrected chi connectivity index (χ1v) is 23.6. The second kappa shape index (κ2) is 29.3. The summed E-state index contributed by atoms with van der Waals surface area (Å²) in [6.07, 6.45) is 5.59. The number of hydrogen-bond acceptors (Lipinski definition) is 13. The number of nitrogens with two attached hydrogens (primary N) is 1. The van der Waals surface area contributed by atoms with Crippen molar-refractivity contribution in [2.24, 2.45) is 25.1 Å². The van der Waals surface area contributed by atoms with Crippen molar-refractivity contribution >= 4 is 58.9 Å². The fourth-order valence-corrected chi connectivity index (χ4v) is 7.84. The van der Waals surface area contributed by atoms with Crippen LogP contribution in [0.4, 0.5) is 0 Å². The first-order chi connectivity index (χ1) is 33.9. The minimum absolute atomic E-state index is 0. The molecule has 0 spiro atoms. The highest BCUT2D eigenvalue weighted by atomic mass is 35.5. The van der Waals surface area contributed by atoms with E-state index in [0.29, 0.717) is 75.7 Å². The van der Waals surface area contributed by atoms with E-state index >= 15 is 0 Å².